The molecule has 0 spiro atoms. The molecule has 2 heteroatoms. The van der Waals surface area contributed by atoms with Crippen molar-refractivity contribution < 1.29 is 5.76 Å². The third-order valence-electron chi connectivity index (χ3n) is 4.33. The fourth-order valence-corrected chi connectivity index (χ4v) is 3.00. The highest BCUT2D eigenvalue weighted by Gasteiger charge is 2.15. The summed E-state index contributed by atoms with van der Waals surface area (Å²) in [6.45, 7) is 0. The fourth-order valence-electron chi connectivity index (χ4n) is 3.00. The largest absolute Gasteiger partial charge is 0.345 e. The van der Waals surface area contributed by atoms with Crippen LogP contribution in [-0.2, 0) is 0 Å². The Balaban J connectivity index is 1.80. The van der Waals surface area contributed by atoms with Crippen molar-refractivity contribution in [3.63, 3.8) is 0 Å². The molecular weight excluding hydrogens is 261 g/mol. The summed E-state index contributed by atoms with van der Waals surface area (Å²) in [6.07, 6.45) is 5.48. The molecule has 0 radical (unpaired) electrons. The van der Waals surface area contributed by atoms with Gasteiger partial charge in [-0.2, -0.15) is 0 Å². The van der Waals surface area contributed by atoms with Gasteiger partial charge < -0.3 is 4.90 Å². The van der Waals surface area contributed by atoms with Crippen LogP contribution in [0.1, 0.15) is 44.9 Å². The van der Waals surface area contributed by atoms with Crippen molar-refractivity contribution in [2.24, 2.45) is 0 Å². The Morgan fingerprint density at radius 1 is 0.905 bits per heavy atom. The van der Waals surface area contributed by atoms with Gasteiger partial charge in [-0.05, 0) is 60.7 Å². The van der Waals surface area contributed by atoms with Gasteiger partial charge in [0.05, 0.1) is 0 Å². The molecule has 0 heterocycles. The van der Waals surface area contributed by atoms with E-state index in [4.69, 9.17) is 1.37 Å². The molecule has 0 bridgehead atoms. The molecule has 1 aliphatic rings. The second kappa shape index (κ2) is 6.30. The zero-order valence-corrected chi connectivity index (χ0v) is 12.5. The van der Waals surface area contributed by atoms with Crippen LogP contribution in [0.4, 0.5) is 15.8 Å². The van der Waals surface area contributed by atoms with Gasteiger partial charge in [0, 0.05) is 19.8 Å². The molecule has 2 aromatic rings. The van der Waals surface area contributed by atoms with Crippen molar-refractivity contribution in [1.82, 2.24) is 0 Å². The highest BCUT2D eigenvalue weighted by Crippen LogP contribution is 2.34. The molecule has 0 aromatic heterocycles. The van der Waals surface area contributed by atoms with E-state index in [1.807, 2.05) is 11.9 Å². The first kappa shape index (κ1) is 12.9. The zero-order chi connectivity index (χ0) is 15.6. The maximum absolute atomic E-state index is 13.0. The molecule has 3 rings (SSSR count). The van der Waals surface area contributed by atoms with Crippen molar-refractivity contribution in [1.29, 1.82) is 0 Å². The van der Waals surface area contributed by atoms with Crippen molar-refractivity contribution >= 4 is 11.4 Å². The number of hydrogen-bond acceptors (Lipinski definition) is 1. The third-order valence-corrected chi connectivity index (χ3v) is 4.33. The lowest BCUT2D eigenvalue weighted by atomic mass is 9.84. The summed E-state index contributed by atoms with van der Waals surface area (Å²) in [7, 11) is 1.97. The van der Waals surface area contributed by atoms with Crippen molar-refractivity contribution in [2.75, 3.05) is 11.9 Å². The maximum atomic E-state index is 13.0. The molecule has 0 aliphatic heterocycles. The molecule has 1 aliphatic carbocycles. The molecule has 2 aromatic carbocycles. The van der Waals surface area contributed by atoms with Gasteiger partial charge in [-0.3, -0.25) is 0 Å². The molecule has 1 nitrogen and oxygen atoms in total. The lowest BCUT2D eigenvalue weighted by Crippen LogP contribution is -2.10. The van der Waals surface area contributed by atoms with Crippen molar-refractivity contribution in [2.45, 2.75) is 38.0 Å². The van der Waals surface area contributed by atoms with E-state index in [2.05, 4.69) is 24.3 Å². The minimum atomic E-state index is -0.411. The van der Waals surface area contributed by atoms with Crippen LogP contribution in [0.15, 0.2) is 48.5 Å². The Morgan fingerprint density at radius 2 is 1.43 bits per heavy atom. The second-order valence-electron chi connectivity index (χ2n) is 5.75. The average molecular weight is 284 g/mol. The van der Waals surface area contributed by atoms with Crippen LogP contribution in [0.2, 0.25) is 0 Å². The molecule has 0 unspecified atom stereocenters. The van der Waals surface area contributed by atoms with Gasteiger partial charge in [0.1, 0.15) is 5.82 Å². The number of hydrogen-bond donors (Lipinski definition) is 0. The predicted molar refractivity (Wildman–Crippen MR) is 86.7 cm³/mol. The monoisotopic (exact) mass is 284 g/mol. The van der Waals surface area contributed by atoms with Crippen LogP contribution < -0.4 is 4.90 Å². The summed E-state index contributed by atoms with van der Waals surface area (Å²) in [4.78, 5) is 2.03. The van der Waals surface area contributed by atoms with Gasteiger partial charge in [-0.25, -0.2) is 4.39 Å². The van der Waals surface area contributed by atoms with Gasteiger partial charge in [0.25, 0.3) is 0 Å². The van der Waals surface area contributed by atoms with Crippen LogP contribution in [0.3, 0.4) is 0 Å². The summed E-state index contributed by atoms with van der Waals surface area (Å²) in [6, 6.07) is 14.8. The Kier molecular flexibility index (Phi) is 3.86. The Labute approximate surface area is 127 Å². The number of halogens is 1. The lowest BCUT2D eigenvalue weighted by Gasteiger charge is -2.24. The molecule has 0 atom stereocenters. The first-order valence-corrected chi connectivity index (χ1v) is 7.68. The van der Waals surface area contributed by atoms with Gasteiger partial charge in [0.2, 0.25) is 0 Å². The van der Waals surface area contributed by atoms with Crippen LogP contribution >= 0.6 is 0 Å². The van der Waals surface area contributed by atoms with E-state index >= 15 is 0 Å². The molecule has 1 saturated carbocycles. The number of rotatable bonds is 3. The first-order valence-electron chi connectivity index (χ1n) is 8.18. The molecule has 21 heavy (non-hydrogen) atoms. The topological polar surface area (TPSA) is 3.24 Å². The Hall–Kier alpha value is -1.83. The van der Waals surface area contributed by atoms with E-state index in [9.17, 15) is 4.39 Å². The van der Waals surface area contributed by atoms with Crippen LogP contribution in [0, 0.1) is 5.82 Å². The minimum Gasteiger partial charge on any atom is -0.345 e. The van der Waals surface area contributed by atoms with Gasteiger partial charge in [-0.15, -0.1) is 0 Å². The van der Waals surface area contributed by atoms with E-state index in [1.165, 1.54) is 18.6 Å². The van der Waals surface area contributed by atoms with E-state index in [0.29, 0.717) is 0 Å². The minimum absolute atomic E-state index is 0.221. The highest BCUT2D eigenvalue weighted by molar-refractivity contribution is 5.62. The molecule has 0 N–H and O–H groups in total. The molecule has 110 valence electrons. The van der Waals surface area contributed by atoms with Crippen molar-refractivity contribution in [3.8, 4) is 0 Å². The molecular formula is C19H22FN. The Bertz CT molecular complexity index is 615. The molecule has 0 amide bonds. The number of benzene rings is 2. The van der Waals surface area contributed by atoms with Crippen LogP contribution in [0.25, 0.3) is 0 Å². The summed E-state index contributed by atoms with van der Waals surface area (Å²) >= 11 is 0. The summed E-state index contributed by atoms with van der Waals surface area (Å²) in [5.74, 6) is -0.633. The third kappa shape index (κ3) is 3.26. The lowest BCUT2D eigenvalue weighted by molar-refractivity contribution is 0.443. The van der Waals surface area contributed by atoms with E-state index in [0.717, 1.165) is 42.6 Å². The first-order chi connectivity index (χ1) is 10.6. The van der Waals surface area contributed by atoms with Crippen molar-refractivity contribution in [3.05, 3.63) is 59.9 Å². The van der Waals surface area contributed by atoms with Crippen LogP contribution in [-0.4, -0.2) is 7.05 Å². The fraction of sp³-hybridized carbons (Fsp3) is 0.368. The normalized spacial score (nSPS) is 18.1. The molecule has 0 saturated heterocycles. The summed E-state index contributed by atoms with van der Waals surface area (Å²) in [5, 5.41) is 0. The molecule has 1 fully saturated rings. The number of anilines is 2. The van der Waals surface area contributed by atoms with Gasteiger partial charge >= 0.3 is 0 Å². The smallest absolute Gasteiger partial charge is 0.123 e. The zero-order valence-electron chi connectivity index (χ0n) is 13.5. The highest BCUT2D eigenvalue weighted by atomic mass is 19.1. The van der Waals surface area contributed by atoms with Gasteiger partial charge in [-0.1, -0.05) is 31.4 Å². The quantitative estimate of drug-likeness (QED) is 0.705. The van der Waals surface area contributed by atoms with E-state index in [1.54, 1.807) is 12.1 Å². The van der Waals surface area contributed by atoms with Gasteiger partial charge in [0.15, 0.2) is 0 Å². The maximum Gasteiger partial charge on any atom is 0.123 e. The standard InChI is InChI=1S/C19H22FN/c1-21(19-13-9-17(20)10-14-19)18-11-7-16(8-12-18)15-5-3-2-4-6-15/h7-15H,2-6H2,1H3/i15D. The number of nitrogens with zero attached hydrogens (tertiary/aromatic N) is 1. The van der Waals surface area contributed by atoms with E-state index < -0.39 is 5.89 Å². The predicted octanol–water partition coefficient (Wildman–Crippen LogP) is 5.64. The van der Waals surface area contributed by atoms with E-state index in [-0.39, 0.29) is 5.82 Å². The second-order valence-corrected chi connectivity index (χ2v) is 5.75. The summed E-state index contributed by atoms with van der Waals surface area (Å²) in [5.41, 5.74) is 3.12. The SMILES string of the molecule is [2H]C1(c2ccc(N(C)c3ccc(F)cc3)cc2)CCCCC1. The average Bonchev–Trinajstić information content (AvgIpc) is 2.56. The summed E-state index contributed by atoms with van der Waals surface area (Å²) < 4.78 is 21.7. The van der Waals surface area contributed by atoms with Crippen LogP contribution in [0.5, 0.6) is 0 Å². The Morgan fingerprint density at radius 3 is 2.00 bits per heavy atom.